The number of rotatable bonds is 9. The number of amides is 2. The Morgan fingerprint density at radius 2 is 1.68 bits per heavy atom. The average molecular weight is 392 g/mol. The Morgan fingerprint density at radius 3 is 2.21 bits per heavy atom. The van der Waals surface area contributed by atoms with Crippen LogP contribution in [0.1, 0.15) is 62.9 Å². The Morgan fingerprint density at radius 1 is 1.04 bits per heavy atom. The first kappa shape index (κ1) is 23.5. The summed E-state index contributed by atoms with van der Waals surface area (Å²) in [7, 11) is 1.34. The van der Waals surface area contributed by atoms with Crippen LogP contribution in [0.4, 0.5) is 4.79 Å². The Balaban J connectivity index is 2.49. The molecule has 0 saturated heterocycles. The molecule has 0 bridgehead atoms. The summed E-state index contributed by atoms with van der Waals surface area (Å²) < 4.78 is 9.86. The third kappa shape index (κ3) is 8.88. The maximum atomic E-state index is 12.5. The predicted octanol–water partition coefficient (Wildman–Crippen LogP) is 3.42. The molecular formula is C21H32N2O5. The van der Waals surface area contributed by atoms with Crippen molar-refractivity contribution in [1.82, 2.24) is 10.6 Å². The molecule has 1 aromatic carbocycles. The number of hydrogen-bond donors (Lipinski definition) is 2. The van der Waals surface area contributed by atoms with Crippen molar-refractivity contribution in [3.63, 3.8) is 0 Å². The van der Waals surface area contributed by atoms with E-state index in [9.17, 15) is 14.4 Å². The van der Waals surface area contributed by atoms with E-state index < -0.39 is 17.7 Å². The molecule has 0 spiro atoms. The van der Waals surface area contributed by atoms with Crippen LogP contribution in [0.5, 0.6) is 0 Å². The summed E-state index contributed by atoms with van der Waals surface area (Å²) in [5.74, 6) is -0.629. The van der Waals surface area contributed by atoms with Crippen LogP contribution in [-0.2, 0) is 20.8 Å². The lowest BCUT2D eigenvalue weighted by molar-refractivity contribution is -0.125. The summed E-state index contributed by atoms with van der Waals surface area (Å²) >= 11 is 0. The molecule has 0 heterocycles. The van der Waals surface area contributed by atoms with Gasteiger partial charge in [-0.2, -0.15) is 0 Å². The second-order valence-corrected chi connectivity index (χ2v) is 7.61. The highest BCUT2D eigenvalue weighted by atomic mass is 16.6. The van der Waals surface area contributed by atoms with E-state index in [1.807, 2.05) is 6.92 Å². The van der Waals surface area contributed by atoms with Crippen molar-refractivity contribution in [2.45, 2.75) is 59.1 Å². The van der Waals surface area contributed by atoms with Crippen LogP contribution in [-0.4, -0.2) is 37.2 Å². The van der Waals surface area contributed by atoms with Gasteiger partial charge in [-0.1, -0.05) is 25.5 Å². The molecule has 1 atom stereocenters. The zero-order valence-electron chi connectivity index (χ0n) is 17.5. The highest BCUT2D eigenvalue weighted by Crippen LogP contribution is 2.13. The fourth-order valence-corrected chi connectivity index (χ4v) is 2.63. The topological polar surface area (TPSA) is 93.7 Å². The lowest BCUT2D eigenvalue weighted by Gasteiger charge is -2.20. The zero-order valence-corrected chi connectivity index (χ0v) is 17.5. The molecular weight excluding hydrogens is 360 g/mol. The van der Waals surface area contributed by atoms with E-state index in [0.717, 1.165) is 18.4 Å². The number of hydrogen-bond acceptors (Lipinski definition) is 5. The number of methoxy groups -OCH3 is 1. The molecule has 1 aromatic rings. The molecule has 156 valence electrons. The van der Waals surface area contributed by atoms with E-state index in [1.54, 1.807) is 45.0 Å². The number of alkyl carbamates (subject to hydrolysis) is 1. The summed E-state index contributed by atoms with van der Waals surface area (Å²) in [4.78, 5) is 35.7. The molecule has 1 rings (SSSR count). The van der Waals surface area contributed by atoms with Crippen molar-refractivity contribution in [3.8, 4) is 0 Å². The molecule has 2 N–H and O–H groups in total. The van der Waals surface area contributed by atoms with Crippen LogP contribution >= 0.6 is 0 Å². The second kappa shape index (κ2) is 11.3. The van der Waals surface area contributed by atoms with Crippen molar-refractivity contribution < 1.29 is 23.9 Å². The summed E-state index contributed by atoms with van der Waals surface area (Å²) in [6.45, 7) is 8.18. The number of carbonyl (C=O) groups is 3. The van der Waals surface area contributed by atoms with E-state index in [1.165, 1.54) is 7.11 Å². The molecule has 0 aromatic heterocycles. The SMILES string of the molecule is CCCC(CCNC(=O)OC(C)(C)C)C(=O)NCc1ccc(C(=O)OC)cc1. The number of esters is 1. The van der Waals surface area contributed by atoms with E-state index in [0.29, 0.717) is 25.1 Å². The van der Waals surface area contributed by atoms with Crippen LogP contribution in [0.25, 0.3) is 0 Å². The number of carbonyl (C=O) groups excluding carboxylic acids is 3. The van der Waals surface area contributed by atoms with Gasteiger partial charge < -0.3 is 20.1 Å². The number of nitrogens with one attached hydrogen (secondary N) is 2. The predicted molar refractivity (Wildman–Crippen MR) is 107 cm³/mol. The highest BCUT2D eigenvalue weighted by Gasteiger charge is 2.19. The average Bonchev–Trinajstić information content (AvgIpc) is 2.63. The molecule has 2 amide bonds. The van der Waals surface area contributed by atoms with Crippen LogP contribution in [0.3, 0.4) is 0 Å². The number of ether oxygens (including phenoxy) is 2. The van der Waals surface area contributed by atoms with Crippen molar-refractivity contribution in [3.05, 3.63) is 35.4 Å². The maximum Gasteiger partial charge on any atom is 0.407 e. The van der Waals surface area contributed by atoms with Gasteiger partial charge >= 0.3 is 12.1 Å². The maximum absolute atomic E-state index is 12.5. The summed E-state index contributed by atoms with van der Waals surface area (Å²) in [5.41, 5.74) is 0.811. The molecule has 7 nitrogen and oxygen atoms in total. The lowest BCUT2D eigenvalue weighted by Crippen LogP contribution is -2.36. The monoisotopic (exact) mass is 392 g/mol. The van der Waals surface area contributed by atoms with Gasteiger partial charge in [0.05, 0.1) is 12.7 Å². The van der Waals surface area contributed by atoms with Crippen molar-refractivity contribution in [2.24, 2.45) is 5.92 Å². The molecule has 7 heteroatoms. The molecule has 0 radical (unpaired) electrons. The molecule has 0 aliphatic heterocycles. The highest BCUT2D eigenvalue weighted by molar-refractivity contribution is 5.89. The Kier molecular flexibility index (Phi) is 9.48. The van der Waals surface area contributed by atoms with Crippen LogP contribution in [0.15, 0.2) is 24.3 Å². The lowest BCUT2D eigenvalue weighted by atomic mass is 9.98. The fourth-order valence-electron chi connectivity index (χ4n) is 2.63. The van der Waals surface area contributed by atoms with E-state index in [2.05, 4.69) is 15.4 Å². The normalized spacial score (nSPS) is 12.0. The van der Waals surface area contributed by atoms with Crippen molar-refractivity contribution >= 4 is 18.0 Å². The third-order valence-corrected chi connectivity index (χ3v) is 4.01. The standard InChI is InChI=1S/C21H32N2O5/c1-6-7-16(12-13-22-20(26)28-21(2,3)4)18(24)23-14-15-8-10-17(11-9-15)19(25)27-5/h8-11,16H,6-7,12-14H2,1-5H3,(H,22,26)(H,23,24). The summed E-state index contributed by atoms with van der Waals surface area (Å²) in [5, 5.41) is 5.62. The zero-order chi connectivity index (χ0) is 21.2. The van der Waals surface area contributed by atoms with E-state index >= 15 is 0 Å². The number of benzene rings is 1. The second-order valence-electron chi connectivity index (χ2n) is 7.61. The van der Waals surface area contributed by atoms with Crippen molar-refractivity contribution in [1.29, 1.82) is 0 Å². The minimum Gasteiger partial charge on any atom is -0.465 e. The van der Waals surface area contributed by atoms with Crippen molar-refractivity contribution in [2.75, 3.05) is 13.7 Å². The quantitative estimate of drug-likeness (QED) is 0.628. The molecule has 0 aliphatic carbocycles. The van der Waals surface area contributed by atoms with Gasteiger partial charge in [0.2, 0.25) is 5.91 Å². The van der Waals surface area contributed by atoms with Gasteiger partial charge in [0, 0.05) is 19.0 Å². The molecule has 0 saturated carbocycles. The first-order chi connectivity index (χ1) is 13.2. The Hall–Kier alpha value is -2.57. The minimum atomic E-state index is -0.548. The third-order valence-electron chi connectivity index (χ3n) is 4.01. The van der Waals surface area contributed by atoms with E-state index in [-0.39, 0.29) is 11.8 Å². The van der Waals surface area contributed by atoms with Crippen LogP contribution < -0.4 is 10.6 Å². The Labute approximate surface area is 167 Å². The molecule has 1 unspecified atom stereocenters. The van der Waals surface area contributed by atoms with Gasteiger partial charge in [-0.3, -0.25) is 4.79 Å². The fraction of sp³-hybridized carbons (Fsp3) is 0.571. The van der Waals surface area contributed by atoms with Gasteiger partial charge in [-0.25, -0.2) is 9.59 Å². The van der Waals surface area contributed by atoms with Crippen LogP contribution in [0, 0.1) is 5.92 Å². The van der Waals surface area contributed by atoms with Crippen LogP contribution in [0.2, 0.25) is 0 Å². The summed E-state index contributed by atoms with van der Waals surface area (Å²) in [6.07, 6.45) is 1.68. The first-order valence-electron chi connectivity index (χ1n) is 9.58. The van der Waals surface area contributed by atoms with Gasteiger partial charge in [0.25, 0.3) is 0 Å². The first-order valence-corrected chi connectivity index (χ1v) is 9.58. The van der Waals surface area contributed by atoms with Gasteiger partial charge in [0.1, 0.15) is 5.60 Å². The Bertz CT molecular complexity index is 650. The summed E-state index contributed by atoms with van der Waals surface area (Å²) in [6, 6.07) is 6.90. The van der Waals surface area contributed by atoms with Gasteiger partial charge in [-0.15, -0.1) is 0 Å². The smallest absolute Gasteiger partial charge is 0.407 e. The largest absolute Gasteiger partial charge is 0.465 e. The minimum absolute atomic E-state index is 0.0510. The van der Waals surface area contributed by atoms with Gasteiger partial charge in [-0.05, 0) is 51.3 Å². The molecule has 0 fully saturated rings. The molecule has 28 heavy (non-hydrogen) atoms. The van der Waals surface area contributed by atoms with Gasteiger partial charge in [0.15, 0.2) is 0 Å². The molecule has 0 aliphatic rings. The van der Waals surface area contributed by atoms with E-state index in [4.69, 9.17) is 4.74 Å².